The van der Waals surface area contributed by atoms with Gasteiger partial charge in [0.1, 0.15) is 0 Å². The lowest BCUT2D eigenvalue weighted by molar-refractivity contribution is -0.0208. The third kappa shape index (κ3) is 3.97. The summed E-state index contributed by atoms with van der Waals surface area (Å²) in [6.07, 6.45) is 0.0598. The van der Waals surface area contributed by atoms with Gasteiger partial charge in [0.15, 0.2) is 0 Å². The van der Waals surface area contributed by atoms with Crippen molar-refractivity contribution < 1.29 is 9.53 Å². The number of nitrogens with zero attached hydrogens (tertiary/aromatic N) is 1. The molecule has 1 atom stereocenters. The van der Waals surface area contributed by atoms with Gasteiger partial charge in [-0.25, -0.2) is 0 Å². The molecule has 1 amide bonds. The number of benzene rings is 2. The normalized spacial score (nSPS) is 18.6. The van der Waals surface area contributed by atoms with Crippen molar-refractivity contribution in [3.63, 3.8) is 0 Å². The maximum atomic E-state index is 12.4. The van der Waals surface area contributed by atoms with Crippen LogP contribution in [0.2, 0.25) is 0 Å². The van der Waals surface area contributed by atoms with Crippen LogP contribution in [-0.2, 0) is 4.74 Å². The predicted molar refractivity (Wildman–Crippen MR) is 91.8 cm³/mol. The average Bonchev–Trinajstić information content (AvgIpc) is 2.55. The Labute approximate surface area is 137 Å². The van der Waals surface area contributed by atoms with E-state index in [0.717, 1.165) is 36.5 Å². The van der Waals surface area contributed by atoms with E-state index in [4.69, 9.17) is 4.74 Å². The number of morpholine rings is 1. The van der Waals surface area contributed by atoms with Gasteiger partial charge in [-0.1, -0.05) is 29.8 Å². The molecule has 1 aliphatic rings. The number of amides is 1. The Morgan fingerprint density at radius 2 is 2.04 bits per heavy atom. The van der Waals surface area contributed by atoms with Crippen molar-refractivity contribution >= 4 is 11.6 Å². The number of hydrogen-bond donors (Lipinski definition) is 1. The third-order valence-corrected chi connectivity index (χ3v) is 4.07. The number of likely N-dealkylation sites (N-methyl/N-ethyl adjacent to an activating group) is 1. The van der Waals surface area contributed by atoms with Crippen LogP contribution in [0.3, 0.4) is 0 Å². The molecule has 0 aromatic heterocycles. The second-order valence-electron chi connectivity index (χ2n) is 6.07. The standard InChI is InChI=1S/C19H22N2O2/c1-14-5-3-7-16(11-14)19(22)20-17-8-4-6-15(12-17)18-13-21(2)9-10-23-18/h3-8,11-12,18H,9-10,13H2,1-2H3,(H,20,22). The fraction of sp³-hybridized carbons (Fsp3) is 0.316. The monoisotopic (exact) mass is 310 g/mol. The number of aryl methyl sites for hydroxylation is 1. The zero-order valence-corrected chi connectivity index (χ0v) is 13.6. The molecule has 0 radical (unpaired) electrons. The molecule has 3 rings (SSSR count). The topological polar surface area (TPSA) is 41.6 Å². The molecule has 2 aromatic rings. The molecular formula is C19H22N2O2. The number of anilines is 1. The summed E-state index contributed by atoms with van der Waals surface area (Å²) >= 11 is 0. The summed E-state index contributed by atoms with van der Waals surface area (Å²) in [5, 5.41) is 2.97. The summed E-state index contributed by atoms with van der Waals surface area (Å²) in [7, 11) is 2.10. The highest BCUT2D eigenvalue weighted by Crippen LogP contribution is 2.24. The van der Waals surface area contributed by atoms with Gasteiger partial charge in [0, 0.05) is 24.3 Å². The van der Waals surface area contributed by atoms with Crippen LogP contribution in [0.1, 0.15) is 27.6 Å². The largest absolute Gasteiger partial charge is 0.371 e. The summed E-state index contributed by atoms with van der Waals surface area (Å²) in [5.74, 6) is -0.0902. The maximum Gasteiger partial charge on any atom is 0.255 e. The second kappa shape index (κ2) is 6.94. The van der Waals surface area contributed by atoms with Crippen molar-refractivity contribution in [1.29, 1.82) is 0 Å². The molecule has 2 aromatic carbocycles. The van der Waals surface area contributed by atoms with Crippen molar-refractivity contribution in [3.8, 4) is 0 Å². The van der Waals surface area contributed by atoms with E-state index in [-0.39, 0.29) is 12.0 Å². The molecule has 0 aliphatic carbocycles. The zero-order chi connectivity index (χ0) is 16.2. The number of carbonyl (C=O) groups excluding carboxylic acids is 1. The first-order valence-corrected chi connectivity index (χ1v) is 7.90. The molecule has 0 bridgehead atoms. The molecule has 1 saturated heterocycles. The first-order valence-electron chi connectivity index (χ1n) is 7.90. The average molecular weight is 310 g/mol. The minimum absolute atomic E-state index is 0.0598. The maximum absolute atomic E-state index is 12.4. The molecule has 0 saturated carbocycles. The van der Waals surface area contributed by atoms with Crippen LogP contribution >= 0.6 is 0 Å². The van der Waals surface area contributed by atoms with E-state index < -0.39 is 0 Å². The minimum atomic E-state index is -0.0902. The van der Waals surface area contributed by atoms with Gasteiger partial charge in [-0.05, 0) is 43.8 Å². The summed E-state index contributed by atoms with van der Waals surface area (Å²) in [6, 6.07) is 15.5. The van der Waals surface area contributed by atoms with Gasteiger partial charge in [-0.2, -0.15) is 0 Å². The lowest BCUT2D eigenvalue weighted by atomic mass is 10.1. The Bertz CT molecular complexity index is 699. The fourth-order valence-electron chi connectivity index (χ4n) is 2.79. The molecule has 0 spiro atoms. The predicted octanol–water partition coefficient (Wildman–Crippen LogP) is 3.25. The first kappa shape index (κ1) is 15.7. The lowest BCUT2D eigenvalue weighted by Gasteiger charge is -2.30. The quantitative estimate of drug-likeness (QED) is 0.946. The van der Waals surface area contributed by atoms with Gasteiger partial charge in [-0.3, -0.25) is 4.79 Å². The number of ether oxygens (including phenoxy) is 1. The lowest BCUT2D eigenvalue weighted by Crippen LogP contribution is -2.35. The molecule has 1 aliphatic heterocycles. The smallest absolute Gasteiger partial charge is 0.255 e. The van der Waals surface area contributed by atoms with Crippen LogP contribution in [0.25, 0.3) is 0 Å². The zero-order valence-electron chi connectivity index (χ0n) is 13.6. The molecule has 1 fully saturated rings. The van der Waals surface area contributed by atoms with Crippen molar-refractivity contribution in [2.24, 2.45) is 0 Å². The van der Waals surface area contributed by atoms with E-state index in [2.05, 4.69) is 17.3 Å². The van der Waals surface area contributed by atoms with Gasteiger partial charge in [0.25, 0.3) is 5.91 Å². The highest BCUT2D eigenvalue weighted by Gasteiger charge is 2.19. The molecule has 4 nitrogen and oxygen atoms in total. The Balaban J connectivity index is 1.73. The van der Waals surface area contributed by atoms with Crippen LogP contribution in [0.4, 0.5) is 5.69 Å². The van der Waals surface area contributed by atoms with E-state index in [0.29, 0.717) is 5.56 Å². The molecule has 23 heavy (non-hydrogen) atoms. The van der Waals surface area contributed by atoms with E-state index >= 15 is 0 Å². The summed E-state index contributed by atoms with van der Waals surface area (Å²) in [5.41, 5.74) is 3.64. The van der Waals surface area contributed by atoms with Crippen molar-refractivity contribution in [2.75, 3.05) is 32.1 Å². The van der Waals surface area contributed by atoms with E-state index in [1.54, 1.807) is 0 Å². The summed E-state index contributed by atoms with van der Waals surface area (Å²) in [6.45, 7) is 4.55. The number of nitrogens with one attached hydrogen (secondary N) is 1. The molecule has 1 N–H and O–H groups in total. The van der Waals surface area contributed by atoms with Crippen LogP contribution in [0.15, 0.2) is 48.5 Å². The van der Waals surface area contributed by atoms with Gasteiger partial charge < -0.3 is 15.0 Å². The summed E-state index contributed by atoms with van der Waals surface area (Å²) in [4.78, 5) is 14.6. The van der Waals surface area contributed by atoms with Crippen molar-refractivity contribution in [3.05, 3.63) is 65.2 Å². The van der Waals surface area contributed by atoms with Gasteiger partial charge in [0.05, 0.1) is 12.7 Å². The van der Waals surface area contributed by atoms with E-state index in [1.807, 2.05) is 55.5 Å². The van der Waals surface area contributed by atoms with Crippen molar-refractivity contribution in [1.82, 2.24) is 4.90 Å². The molecule has 4 heteroatoms. The van der Waals surface area contributed by atoms with Crippen LogP contribution < -0.4 is 5.32 Å². The Morgan fingerprint density at radius 3 is 2.83 bits per heavy atom. The second-order valence-corrected chi connectivity index (χ2v) is 6.07. The van der Waals surface area contributed by atoms with Crippen LogP contribution in [-0.4, -0.2) is 37.6 Å². The minimum Gasteiger partial charge on any atom is -0.371 e. The third-order valence-electron chi connectivity index (χ3n) is 4.07. The van der Waals surface area contributed by atoms with Crippen LogP contribution in [0, 0.1) is 6.92 Å². The Kier molecular flexibility index (Phi) is 4.74. The molecular weight excluding hydrogens is 288 g/mol. The van der Waals surface area contributed by atoms with Crippen LogP contribution in [0.5, 0.6) is 0 Å². The highest BCUT2D eigenvalue weighted by molar-refractivity contribution is 6.04. The number of hydrogen-bond acceptors (Lipinski definition) is 3. The van der Waals surface area contributed by atoms with E-state index in [9.17, 15) is 4.79 Å². The van der Waals surface area contributed by atoms with E-state index in [1.165, 1.54) is 0 Å². The molecule has 1 heterocycles. The first-order chi connectivity index (χ1) is 11.1. The van der Waals surface area contributed by atoms with Gasteiger partial charge >= 0.3 is 0 Å². The Morgan fingerprint density at radius 1 is 1.22 bits per heavy atom. The number of rotatable bonds is 3. The summed E-state index contributed by atoms with van der Waals surface area (Å²) < 4.78 is 5.84. The molecule has 1 unspecified atom stereocenters. The molecule has 120 valence electrons. The Hall–Kier alpha value is -2.17. The SMILES string of the molecule is Cc1cccc(C(=O)Nc2cccc(C3CN(C)CCO3)c2)c1. The highest BCUT2D eigenvalue weighted by atomic mass is 16.5. The van der Waals surface area contributed by atoms with Gasteiger partial charge in [-0.15, -0.1) is 0 Å². The fourth-order valence-corrected chi connectivity index (χ4v) is 2.79. The number of carbonyl (C=O) groups is 1. The van der Waals surface area contributed by atoms with Crippen molar-refractivity contribution in [2.45, 2.75) is 13.0 Å². The van der Waals surface area contributed by atoms with Gasteiger partial charge in [0.2, 0.25) is 0 Å².